The predicted octanol–water partition coefficient (Wildman–Crippen LogP) is 4.48. The van der Waals surface area contributed by atoms with Crippen LogP contribution in [0.2, 0.25) is 10.0 Å². The van der Waals surface area contributed by atoms with Gasteiger partial charge in [-0.05, 0) is 19.1 Å². The lowest BCUT2D eigenvalue weighted by Gasteiger charge is -2.02. The molecule has 2 aromatic rings. The number of ether oxygens (including phenoxy) is 1. The normalized spacial score (nSPS) is 10.5. The summed E-state index contributed by atoms with van der Waals surface area (Å²) in [6.45, 7) is 2.06. The van der Waals surface area contributed by atoms with Crippen molar-refractivity contribution in [2.24, 2.45) is 0 Å². The summed E-state index contributed by atoms with van der Waals surface area (Å²) >= 11 is 13.4. The minimum atomic E-state index is -0.422. The van der Waals surface area contributed by atoms with Crippen molar-refractivity contribution >= 4 is 46.2 Å². The van der Waals surface area contributed by atoms with E-state index in [-0.39, 0.29) is 0 Å². The van der Waals surface area contributed by atoms with Crippen molar-refractivity contribution in [2.45, 2.75) is 6.92 Å². The van der Waals surface area contributed by atoms with Crippen molar-refractivity contribution in [3.8, 4) is 10.4 Å². The largest absolute Gasteiger partial charge is 0.462 e. The van der Waals surface area contributed by atoms with Gasteiger partial charge in [0.2, 0.25) is 0 Å². The molecule has 0 aliphatic heterocycles. The van der Waals surface area contributed by atoms with E-state index in [2.05, 4.69) is 0 Å². The lowest BCUT2D eigenvalue weighted by molar-refractivity contribution is 0.0533. The molecule has 19 heavy (non-hydrogen) atoms. The highest BCUT2D eigenvalue weighted by molar-refractivity contribution is 7.18. The first-order valence-electron chi connectivity index (χ1n) is 5.55. The third-order valence-electron chi connectivity index (χ3n) is 2.44. The molecule has 1 aromatic carbocycles. The SMILES string of the molecule is CCOC(=O)c1sc(-c2cccc(Cl)c2Cl)cc1N. The monoisotopic (exact) mass is 315 g/mol. The van der Waals surface area contributed by atoms with E-state index in [1.807, 2.05) is 6.07 Å². The summed E-state index contributed by atoms with van der Waals surface area (Å²) < 4.78 is 4.94. The Morgan fingerprint density at radius 1 is 1.42 bits per heavy atom. The van der Waals surface area contributed by atoms with Crippen LogP contribution in [0.3, 0.4) is 0 Å². The molecule has 0 spiro atoms. The van der Waals surface area contributed by atoms with Crippen LogP contribution in [0.15, 0.2) is 24.3 Å². The number of thiophene rings is 1. The minimum Gasteiger partial charge on any atom is -0.462 e. The Morgan fingerprint density at radius 2 is 2.16 bits per heavy atom. The molecule has 0 unspecified atom stereocenters. The molecule has 2 rings (SSSR count). The molecule has 0 saturated heterocycles. The van der Waals surface area contributed by atoms with Gasteiger partial charge in [0, 0.05) is 10.4 Å². The van der Waals surface area contributed by atoms with Crippen molar-refractivity contribution in [1.29, 1.82) is 0 Å². The molecule has 6 heteroatoms. The second kappa shape index (κ2) is 5.82. The van der Waals surface area contributed by atoms with Gasteiger partial charge in [0.1, 0.15) is 4.88 Å². The quantitative estimate of drug-likeness (QED) is 0.849. The fraction of sp³-hybridized carbons (Fsp3) is 0.154. The molecular formula is C13H11Cl2NO2S. The Balaban J connectivity index is 2.45. The maximum atomic E-state index is 11.7. The van der Waals surface area contributed by atoms with Gasteiger partial charge in [-0.3, -0.25) is 0 Å². The molecule has 0 atom stereocenters. The molecule has 0 fully saturated rings. The van der Waals surface area contributed by atoms with Crippen LogP contribution in [0, 0.1) is 0 Å². The molecule has 100 valence electrons. The van der Waals surface area contributed by atoms with E-state index < -0.39 is 5.97 Å². The number of rotatable bonds is 3. The molecule has 0 radical (unpaired) electrons. The number of carbonyl (C=O) groups excluding carboxylic acids is 1. The number of halogens is 2. The third kappa shape index (κ3) is 2.86. The predicted molar refractivity (Wildman–Crippen MR) is 80.1 cm³/mol. The van der Waals surface area contributed by atoms with Crippen LogP contribution in [-0.2, 0) is 4.74 Å². The van der Waals surface area contributed by atoms with E-state index in [1.165, 1.54) is 11.3 Å². The number of nitrogens with two attached hydrogens (primary N) is 1. The third-order valence-corrected chi connectivity index (χ3v) is 4.42. The van der Waals surface area contributed by atoms with Crippen LogP contribution in [0.1, 0.15) is 16.6 Å². The van der Waals surface area contributed by atoms with Crippen LogP contribution in [0.5, 0.6) is 0 Å². The average Bonchev–Trinajstić information content (AvgIpc) is 2.75. The molecule has 2 N–H and O–H groups in total. The molecule has 1 aromatic heterocycles. The number of nitrogen functional groups attached to an aromatic ring is 1. The second-order valence-electron chi connectivity index (χ2n) is 3.72. The number of carbonyl (C=O) groups is 1. The van der Waals surface area contributed by atoms with Gasteiger partial charge in [-0.1, -0.05) is 35.3 Å². The van der Waals surface area contributed by atoms with Crippen molar-refractivity contribution < 1.29 is 9.53 Å². The van der Waals surface area contributed by atoms with Crippen LogP contribution in [0.25, 0.3) is 10.4 Å². The summed E-state index contributed by atoms with van der Waals surface area (Å²) in [6.07, 6.45) is 0. The van der Waals surface area contributed by atoms with Crippen molar-refractivity contribution in [3.63, 3.8) is 0 Å². The Hall–Kier alpha value is -1.23. The zero-order valence-electron chi connectivity index (χ0n) is 10.1. The van der Waals surface area contributed by atoms with Crippen molar-refractivity contribution in [1.82, 2.24) is 0 Å². The van der Waals surface area contributed by atoms with Gasteiger partial charge in [0.05, 0.1) is 22.3 Å². The number of hydrogen-bond acceptors (Lipinski definition) is 4. The first-order chi connectivity index (χ1) is 9.04. The summed E-state index contributed by atoms with van der Waals surface area (Å²) in [4.78, 5) is 12.9. The Kier molecular flexibility index (Phi) is 4.34. The number of esters is 1. The van der Waals surface area contributed by atoms with E-state index in [0.717, 1.165) is 10.4 Å². The Labute approximate surface area is 124 Å². The summed E-state index contributed by atoms with van der Waals surface area (Å²) in [6, 6.07) is 7.03. The number of anilines is 1. The number of benzene rings is 1. The van der Waals surface area contributed by atoms with E-state index in [1.54, 1.807) is 25.1 Å². The topological polar surface area (TPSA) is 52.3 Å². The molecule has 0 aliphatic carbocycles. The smallest absolute Gasteiger partial charge is 0.350 e. The van der Waals surface area contributed by atoms with E-state index in [0.29, 0.717) is 27.2 Å². The maximum Gasteiger partial charge on any atom is 0.350 e. The zero-order chi connectivity index (χ0) is 14.0. The van der Waals surface area contributed by atoms with Gasteiger partial charge in [-0.2, -0.15) is 0 Å². The zero-order valence-corrected chi connectivity index (χ0v) is 12.4. The van der Waals surface area contributed by atoms with Crippen LogP contribution in [0.4, 0.5) is 5.69 Å². The highest BCUT2D eigenvalue weighted by Gasteiger charge is 2.18. The summed E-state index contributed by atoms with van der Waals surface area (Å²) in [5, 5.41) is 0.907. The Bertz CT molecular complexity index is 625. The lowest BCUT2D eigenvalue weighted by Crippen LogP contribution is -2.04. The first-order valence-corrected chi connectivity index (χ1v) is 7.12. The minimum absolute atomic E-state index is 0.309. The van der Waals surface area contributed by atoms with Crippen LogP contribution in [-0.4, -0.2) is 12.6 Å². The molecule has 0 bridgehead atoms. The van der Waals surface area contributed by atoms with Crippen molar-refractivity contribution in [2.75, 3.05) is 12.3 Å². The molecule has 3 nitrogen and oxygen atoms in total. The summed E-state index contributed by atoms with van der Waals surface area (Å²) in [5.74, 6) is -0.422. The molecule has 0 aliphatic rings. The highest BCUT2D eigenvalue weighted by atomic mass is 35.5. The summed E-state index contributed by atoms with van der Waals surface area (Å²) in [5.41, 5.74) is 6.97. The molecule has 0 amide bonds. The maximum absolute atomic E-state index is 11.7. The molecular weight excluding hydrogens is 305 g/mol. The lowest BCUT2D eigenvalue weighted by atomic mass is 10.2. The van der Waals surface area contributed by atoms with Gasteiger partial charge >= 0.3 is 5.97 Å². The van der Waals surface area contributed by atoms with Crippen molar-refractivity contribution in [3.05, 3.63) is 39.2 Å². The van der Waals surface area contributed by atoms with Crippen LogP contribution < -0.4 is 5.73 Å². The van der Waals surface area contributed by atoms with Gasteiger partial charge in [-0.25, -0.2) is 4.79 Å². The first kappa shape index (κ1) is 14.2. The van der Waals surface area contributed by atoms with Crippen LogP contribution >= 0.6 is 34.5 Å². The van der Waals surface area contributed by atoms with E-state index >= 15 is 0 Å². The number of hydrogen-bond donors (Lipinski definition) is 1. The standard InChI is InChI=1S/C13H11Cl2NO2S/c1-2-18-13(17)12-9(16)6-10(19-12)7-4-3-5-8(14)11(7)15/h3-6H,2,16H2,1H3. The van der Waals surface area contributed by atoms with Gasteiger partial charge in [0.15, 0.2) is 0 Å². The van der Waals surface area contributed by atoms with Gasteiger partial charge < -0.3 is 10.5 Å². The van der Waals surface area contributed by atoms with Gasteiger partial charge in [-0.15, -0.1) is 11.3 Å². The fourth-order valence-corrected chi connectivity index (χ4v) is 3.05. The fourth-order valence-electron chi connectivity index (χ4n) is 1.59. The highest BCUT2D eigenvalue weighted by Crippen LogP contribution is 2.39. The average molecular weight is 316 g/mol. The van der Waals surface area contributed by atoms with Gasteiger partial charge in [0.25, 0.3) is 0 Å². The van der Waals surface area contributed by atoms with E-state index in [4.69, 9.17) is 33.7 Å². The second-order valence-corrected chi connectivity index (χ2v) is 5.55. The summed E-state index contributed by atoms with van der Waals surface area (Å²) in [7, 11) is 0. The molecule has 0 saturated carbocycles. The van der Waals surface area contributed by atoms with E-state index in [9.17, 15) is 4.79 Å². The molecule has 1 heterocycles. The Morgan fingerprint density at radius 3 is 2.84 bits per heavy atom.